The van der Waals surface area contributed by atoms with E-state index < -0.39 is 16.7 Å². The summed E-state index contributed by atoms with van der Waals surface area (Å²) in [5, 5.41) is 19.0. The topological polar surface area (TPSA) is 130 Å². The fraction of sp³-hybridized carbons (Fsp3) is 0.160. The van der Waals surface area contributed by atoms with E-state index in [1.807, 2.05) is 20.8 Å². The first-order valence-electron chi connectivity index (χ1n) is 10.5. The van der Waals surface area contributed by atoms with Crippen molar-refractivity contribution >= 4 is 46.4 Å². The van der Waals surface area contributed by atoms with Crippen LogP contribution in [0.15, 0.2) is 66.7 Å². The molecule has 35 heavy (non-hydrogen) atoms. The molecule has 3 aromatic rings. The van der Waals surface area contributed by atoms with E-state index in [1.54, 1.807) is 42.5 Å². The van der Waals surface area contributed by atoms with Gasteiger partial charge in [-0.3, -0.25) is 24.5 Å². The molecule has 0 aliphatic heterocycles. The summed E-state index contributed by atoms with van der Waals surface area (Å²) in [5.74, 6) is -1.34. The minimum atomic E-state index is -0.626. The number of halogens is 1. The van der Waals surface area contributed by atoms with Gasteiger partial charge >= 0.3 is 0 Å². The molecular weight excluding hydrogens is 472 g/mol. The Balaban J connectivity index is 1.74. The number of benzene rings is 3. The van der Waals surface area contributed by atoms with Gasteiger partial charge in [-0.2, -0.15) is 0 Å². The molecule has 0 bridgehead atoms. The molecule has 0 unspecified atom stereocenters. The largest absolute Gasteiger partial charge is 0.347 e. The van der Waals surface area contributed by atoms with Crippen LogP contribution in [0.25, 0.3) is 0 Å². The zero-order chi connectivity index (χ0) is 25.8. The molecule has 0 fully saturated rings. The summed E-state index contributed by atoms with van der Waals surface area (Å²) in [6.07, 6.45) is 0. The van der Waals surface area contributed by atoms with Gasteiger partial charge in [-0.1, -0.05) is 23.7 Å². The maximum atomic E-state index is 12.9. The molecule has 9 nitrogen and oxygen atoms in total. The van der Waals surface area contributed by atoms with Crippen molar-refractivity contribution in [2.75, 3.05) is 10.6 Å². The standard InChI is InChI=1S/C25H23ClN4O5/c1-25(2,3)29-22(31)15-8-10-16(11-9-15)27-24(33)19-6-4-5-7-21(19)28-23(32)18-13-12-17(30(34)35)14-20(18)26/h4-14H,1-3H3,(H,27,33)(H,28,32)(H,29,31). The molecule has 0 aromatic heterocycles. The van der Waals surface area contributed by atoms with Crippen molar-refractivity contribution in [3.05, 3.63) is 98.6 Å². The third-order valence-corrected chi connectivity index (χ3v) is 5.03. The van der Waals surface area contributed by atoms with E-state index >= 15 is 0 Å². The second-order valence-corrected chi connectivity index (χ2v) is 9.06. The van der Waals surface area contributed by atoms with Crippen molar-refractivity contribution in [1.82, 2.24) is 5.32 Å². The van der Waals surface area contributed by atoms with Crippen LogP contribution in [-0.4, -0.2) is 28.2 Å². The summed E-state index contributed by atoms with van der Waals surface area (Å²) in [6.45, 7) is 5.64. The summed E-state index contributed by atoms with van der Waals surface area (Å²) in [6, 6.07) is 16.3. The van der Waals surface area contributed by atoms with E-state index in [2.05, 4.69) is 16.0 Å². The first-order valence-corrected chi connectivity index (χ1v) is 10.9. The molecule has 0 saturated carbocycles. The number of rotatable bonds is 6. The Labute approximate surface area is 206 Å². The van der Waals surface area contributed by atoms with Crippen LogP contribution in [0.2, 0.25) is 5.02 Å². The highest BCUT2D eigenvalue weighted by molar-refractivity contribution is 6.34. The van der Waals surface area contributed by atoms with Crippen LogP contribution in [0, 0.1) is 10.1 Å². The Morgan fingerprint density at radius 1 is 0.829 bits per heavy atom. The zero-order valence-electron chi connectivity index (χ0n) is 19.2. The van der Waals surface area contributed by atoms with Crippen molar-refractivity contribution < 1.29 is 19.3 Å². The second kappa shape index (κ2) is 10.4. The van der Waals surface area contributed by atoms with Crippen molar-refractivity contribution in [2.45, 2.75) is 26.3 Å². The van der Waals surface area contributed by atoms with E-state index in [9.17, 15) is 24.5 Å². The van der Waals surface area contributed by atoms with Crippen molar-refractivity contribution in [2.24, 2.45) is 0 Å². The number of nitrogens with one attached hydrogen (secondary N) is 3. The third-order valence-electron chi connectivity index (χ3n) is 4.72. The van der Waals surface area contributed by atoms with Gasteiger partial charge in [-0.15, -0.1) is 0 Å². The molecule has 3 N–H and O–H groups in total. The number of carbonyl (C=O) groups excluding carboxylic acids is 3. The maximum Gasteiger partial charge on any atom is 0.270 e. The van der Waals surface area contributed by atoms with Gasteiger partial charge in [0.15, 0.2) is 0 Å². The van der Waals surface area contributed by atoms with Gasteiger partial charge in [0.25, 0.3) is 23.4 Å². The molecule has 3 aromatic carbocycles. The molecular formula is C25H23ClN4O5. The maximum absolute atomic E-state index is 12.9. The minimum absolute atomic E-state index is 0.0246. The van der Waals surface area contributed by atoms with Crippen LogP contribution >= 0.6 is 11.6 Å². The fourth-order valence-electron chi connectivity index (χ4n) is 3.10. The number of hydrogen-bond donors (Lipinski definition) is 3. The first kappa shape index (κ1) is 25.4. The predicted molar refractivity (Wildman–Crippen MR) is 134 cm³/mol. The Morgan fingerprint density at radius 3 is 2.06 bits per heavy atom. The number of non-ortho nitro benzene ring substituents is 1. The minimum Gasteiger partial charge on any atom is -0.347 e. The molecule has 180 valence electrons. The monoisotopic (exact) mass is 494 g/mol. The van der Waals surface area contributed by atoms with Gasteiger partial charge in [0, 0.05) is 28.9 Å². The summed E-state index contributed by atoms with van der Waals surface area (Å²) in [4.78, 5) is 48.2. The number of carbonyl (C=O) groups is 3. The Hall–Kier alpha value is -4.24. The van der Waals surface area contributed by atoms with E-state index in [-0.39, 0.29) is 39.0 Å². The lowest BCUT2D eigenvalue weighted by atomic mass is 10.1. The molecule has 0 aliphatic carbocycles. The summed E-state index contributed by atoms with van der Waals surface area (Å²) in [5.41, 5.74) is 0.730. The number of amides is 3. The lowest BCUT2D eigenvalue weighted by Crippen LogP contribution is -2.40. The quantitative estimate of drug-likeness (QED) is 0.317. The van der Waals surface area contributed by atoms with E-state index in [4.69, 9.17) is 11.6 Å². The molecule has 3 amide bonds. The molecule has 0 atom stereocenters. The van der Waals surface area contributed by atoms with Crippen molar-refractivity contribution in [1.29, 1.82) is 0 Å². The smallest absolute Gasteiger partial charge is 0.270 e. The lowest BCUT2D eigenvalue weighted by Gasteiger charge is -2.20. The second-order valence-electron chi connectivity index (χ2n) is 8.66. The average Bonchev–Trinajstić information content (AvgIpc) is 2.78. The summed E-state index contributed by atoms with van der Waals surface area (Å²) < 4.78 is 0. The summed E-state index contributed by atoms with van der Waals surface area (Å²) >= 11 is 6.04. The van der Waals surface area contributed by atoms with Gasteiger partial charge in [0.1, 0.15) is 0 Å². The average molecular weight is 495 g/mol. The Morgan fingerprint density at radius 2 is 1.46 bits per heavy atom. The lowest BCUT2D eigenvalue weighted by molar-refractivity contribution is -0.384. The third kappa shape index (κ3) is 6.64. The number of nitro groups is 1. The van der Waals surface area contributed by atoms with Crippen LogP contribution < -0.4 is 16.0 Å². The van der Waals surface area contributed by atoms with E-state index in [1.165, 1.54) is 18.2 Å². The Bertz CT molecular complexity index is 1300. The number of hydrogen-bond acceptors (Lipinski definition) is 5. The SMILES string of the molecule is CC(C)(C)NC(=O)c1ccc(NC(=O)c2ccccc2NC(=O)c2ccc([N+](=O)[O-])cc2Cl)cc1. The molecule has 0 radical (unpaired) electrons. The Kier molecular flexibility index (Phi) is 7.51. The van der Waals surface area contributed by atoms with Gasteiger partial charge in [0.2, 0.25) is 0 Å². The van der Waals surface area contributed by atoms with Crippen LogP contribution in [0.5, 0.6) is 0 Å². The van der Waals surface area contributed by atoms with Crippen LogP contribution in [0.4, 0.5) is 17.1 Å². The molecule has 0 heterocycles. The predicted octanol–water partition coefficient (Wildman–Crippen LogP) is 5.28. The molecule has 0 aliphatic rings. The molecule has 0 saturated heterocycles. The normalized spacial score (nSPS) is 10.9. The van der Waals surface area contributed by atoms with Gasteiger partial charge in [-0.05, 0) is 63.2 Å². The number of nitrogens with zero attached hydrogens (tertiary/aromatic N) is 1. The first-order chi connectivity index (χ1) is 16.4. The zero-order valence-corrected chi connectivity index (χ0v) is 20.0. The number of anilines is 2. The molecule has 3 rings (SSSR count). The summed E-state index contributed by atoms with van der Waals surface area (Å²) in [7, 11) is 0. The van der Waals surface area contributed by atoms with Crippen LogP contribution in [-0.2, 0) is 0 Å². The fourth-order valence-corrected chi connectivity index (χ4v) is 3.36. The number of nitro benzene ring substituents is 1. The molecule has 0 spiro atoms. The molecule has 10 heteroatoms. The van der Waals surface area contributed by atoms with Gasteiger partial charge in [0.05, 0.1) is 26.8 Å². The van der Waals surface area contributed by atoms with Gasteiger partial charge < -0.3 is 16.0 Å². The highest BCUT2D eigenvalue weighted by Gasteiger charge is 2.19. The van der Waals surface area contributed by atoms with Crippen LogP contribution in [0.1, 0.15) is 51.8 Å². The number of para-hydroxylation sites is 1. The van der Waals surface area contributed by atoms with Crippen molar-refractivity contribution in [3.8, 4) is 0 Å². The van der Waals surface area contributed by atoms with Gasteiger partial charge in [-0.25, -0.2) is 0 Å². The highest BCUT2D eigenvalue weighted by Crippen LogP contribution is 2.25. The highest BCUT2D eigenvalue weighted by atomic mass is 35.5. The van der Waals surface area contributed by atoms with E-state index in [0.717, 1.165) is 6.07 Å². The van der Waals surface area contributed by atoms with Crippen molar-refractivity contribution in [3.63, 3.8) is 0 Å². The van der Waals surface area contributed by atoms with Crippen LogP contribution in [0.3, 0.4) is 0 Å². The van der Waals surface area contributed by atoms with E-state index in [0.29, 0.717) is 11.3 Å².